The molecule has 0 bridgehead atoms. The van der Waals surface area contributed by atoms with E-state index >= 15 is 0 Å². The van der Waals surface area contributed by atoms with Crippen LogP contribution in [0.15, 0.2) is 0 Å². The monoisotopic (exact) mass is 244 g/mol. The molecule has 1 aliphatic rings. The molecule has 0 heterocycles. The molecule has 17 heavy (non-hydrogen) atoms. The molecule has 1 rings (SSSR count). The van der Waals surface area contributed by atoms with Crippen LogP contribution in [0.3, 0.4) is 0 Å². The van der Waals surface area contributed by atoms with Crippen molar-refractivity contribution in [2.75, 3.05) is 33.9 Å². The summed E-state index contributed by atoms with van der Waals surface area (Å²) >= 11 is 0. The summed E-state index contributed by atoms with van der Waals surface area (Å²) in [5.74, 6) is 0. The SMILES string of the molecule is CN(C)C1(CNC(=O)OCCO)CCCCC1. The summed E-state index contributed by atoms with van der Waals surface area (Å²) in [5, 5.41) is 11.4. The van der Waals surface area contributed by atoms with Crippen molar-refractivity contribution in [3.8, 4) is 0 Å². The van der Waals surface area contributed by atoms with E-state index in [0.717, 1.165) is 12.8 Å². The highest BCUT2D eigenvalue weighted by Gasteiger charge is 2.34. The van der Waals surface area contributed by atoms with Crippen LogP contribution in [0.2, 0.25) is 0 Å². The fourth-order valence-corrected chi connectivity index (χ4v) is 2.42. The van der Waals surface area contributed by atoms with Gasteiger partial charge in [-0.3, -0.25) is 0 Å². The Hall–Kier alpha value is -0.810. The number of hydrogen-bond acceptors (Lipinski definition) is 4. The number of aliphatic hydroxyl groups excluding tert-OH is 1. The second kappa shape index (κ2) is 6.81. The van der Waals surface area contributed by atoms with Crippen molar-refractivity contribution in [3.63, 3.8) is 0 Å². The summed E-state index contributed by atoms with van der Waals surface area (Å²) in [7, 11) is 4.12. The standard InChI is InChI=1S/C12H24N2O3/c1-14(2)12(6-4-3-5-7-12)10-13-11(16)17-9-8-15/h15H,3-10H2,1-2H3,(H,13,16). The predicted molar refractivity (Wildman–Crippen MR) is 65.9 cm³/mol. The fraction of sp³-hybridized carbons (Fsp3) is 0.917. The van der Waals surface area contributed by atoms with Crippen LogP contribution in [-0.4, -0.2) is 55.5 Å². The van der Waals surface area contributed by atoms with Crippen LogP contribution in [0.25, 0.3) is 0 Å². The number of carbonyl (C=O) groups is 1. The number of carbonyl (C=O) groups excluding carboxylic acids is 1. The van der Waals surface area contributed by atoms with Gasteiger partial charge in [-0.25, -0.2) is 4.79 Å². The molecular formula is C12H24N2O3. The van der Waals surface area contributed by atoms with Crippen LogP contribution in [0.5, 0.6) is 0 Å². The summed E-state index contributed by atoms with van der Waals surface area (Å²) in [5.41, 5.74) is 0.0660. The highest BCUT2D eigenvalue weighted by Crippen LogP contribution is 2.31. The molecule has 5 heteroatoms. The average molecular weight is 244 g/mol. The number of likely N-dealkylation sites (N-methyl/N-ethyl adjacent to an activating group) is 1. The number of rotatable bonds is 5. The van der Waals surface area contributed by atoms with Crippen molar-refractivity contribution in [1.29, 1.82) is 0 Å². The van der Waals surface area contributed by atoms with Crippen molar-refractivity contribution in [2.45, 2.75) is 37.6 Å². The van der Waals surface area contributed by atoms with Gasteiger partial charge in [-0.05, 0) is 26.9 Å². The fourth-order valence-electron chi connectivity index (χ4n) is 2.42. The summed E-state index contributed by atoms with van der Waals surface area (Å²) in [6.07, 6.45) is 5.49. The van der Waals surface area contributed by atoms with E-state index in [-0.39, 0.29) is 18.8 Å². The van der Waals surface area contributed by atoms with Gasteiger partial charge in [0.2, 0.25) is 0 Å². The molecule has 0 atom stereocenters. The van der Waals surface area contributed by atoms with E-state index in [1.807, 2.05) is 0 Å². The lowest BCUT2D eigenvalue weighted by Crippen LogP contribution is -2.53. The Kier molecular flexibility index (Phi) is 5.71. The molecule has 0 aromatic rings. The van der Waals surface area contributed by atoms with Crippen LogP contribution in [-0.2, 0) is 4.74 Å². The van der Waals surface area contributed by atoms with Gasteiger partial charge in [-0.2, -0.15) is 0 Å². The second-order valence-corrected chi connectivity index (χ2v) is 4.89. The predicted octanol–water partition coefficient (Wildman–Crippen LogP) is 0.969. The first kappa shape index (κ1) is 14.3. The van der Waals surface area contributed by atoms with Crippen molar-refractivity contribution in [1.82, 2.24) is 10.2 Å². The topological polar surface area (TPSA) is 61.8 Å². The van der Waals surface area contributed by atoms with E-state index in [1.165, 1.54) is 19.3 Å². The number of nitrogens with one attached hydrogen (secondary N) is 1. The van der Waals surface area contributed by atoms with Crippen LogP contribution in [0.4, 0.5) is 4.79 Å². The van der Waals surface area contributed by atoms with Gasteiger partial charge >= 0.3 is 6.09 Å². The van der Waals surface area contributed by atoms with E-state index < -0.39 is 6.09 Å². The maximum absolute atomic E-state index is 11.3. The summed E-state index contributed by atoms with van der Waals surface area (Å²) in [6, 6.07) is 0. The quantitative estimate of drug-likeness (QED) is 0.756. The third kappa shape index (κ3) is 4.16. The summed E-state index contributed by atoms with van der Waals surface area (Å²) in [4.78, 5) is 13.6. The Balaban J connectivity index is 2.41. The number of ether oxygens (including phenoxy) is 1. The van der Waals surface area contributed by atoms with E-state index in [4.69, 9.17) is 9.84 Å². The van der Waals surface area contributed by atoms with Gasteiger partial charge in [-0.15, -0.1) is 0 Å². The number of hydrogen-bond donors (Lipinski definition) is 2. The molecular weight excluding hydrogens is 220 g/mol. The normalized spacial score (nSPS) is 19.1. The number of amides is 1. The maximum atomic E-state index is 11.3. The molecule has 1 fully saturated rings. The van der Waals surface area contributed by atoms with Gasteiger partial charge in [-0.1, -0.05) is 19.3 Å². The molecule has 0 saturated heterocycles. The largest absolute Gasteiger partial charge is 0.447 e. The van der Waals surface area contributed by atoms with Crippen molar-refractivity contribution >= 4 is 6.09 Å². The lowest BCUT2D eigenvalue weighted by molar-refractivity contribution is 0.0852. The Bertz CT molecular complexity index is 238. The van der Waals surface area contributed by atoms with E-state index in [2.05, 4.69) is 24.3 Å². The molecule has 0 aromatic heterocycles. The highest BCUT2D eigenvalue weighted by atomic mass is 16.6. The smallest absolute Gasteiger partial charge is 0.407 e. The second-order valence-electron chi connectivity index (χ2n) is 4.89. The Morgan fingerprint density at radius 3 is 2.53 bits per heavy atom. The zero-order valence-corrected chi connectivity index (χ0v) is 10.9. The first-order valence-electron chi connectivity index (χ1n) is 6.30. The van der Waals surface area contributed by atoms with Gasteiger partial charge < -0.3 is 20.1 Å². The minimum absolute atomic E-state index is 0.0563. The van der Waals surface area contributed by atoms with Gasteiger partial charge in [0.15, 0.2) is 0 Å². The lowest BCUT2D eigenvalue weighted by atomic mass is 9.80. The molecule has 0 unspecified atom stereocenters. The van der Waals surface area contributed by atoms with Crippen molar-refractivity contribution in [3.05, 3.63) is 0 Å². The molecule has 100 valence electrons. The first-order chi connectivity index (χ1) is 8.10. The molecule has 2 N–H and O–H groups in total. The zero-order chi connectivity index (χ0) is 12.7. The molecule has 0 aliphatic heterocycles. The number of nitrogens with zero attached hydrogens (tertiary/aromatic N) is 1. The first-order valence-corrected chi connectivity index (χ1v) is 6.30. The third-order valence-electron chi connectivity index (χ3n) is 3.62. The maximum Gasteiger partial charge on any atom is 0.407 e. The van der Waals surface area contributed by atoms with E-state index in [9.17, 15) is 4.79 Å². The minimum atomic E-state index is -0.439. The van der Waals surface area contributed by atoms with Gasteiger partial charge in [0, 0.05) is 12.1 Å². The van der Waals surface area contributed by atoms with Crippen LogP contribution in [0, 0.1) is 0 Å². The zero-order valence-electron chi connectivity index (χ0n) is 10.9. The Morgan fingerprint density at radius 1 is 1.35 bits per heavy atom. The van der Waals surface area contributed by atoms with Gasteiger partial charge in [0.05, 0.1) is 6.61 Å². The van der Waals surface area contributed by atoms with Crippen molar-refractivity contribution in [2.24, 2.45) is 0 Å². The van der Waals surface area contributed by atoms with E-state index in [1.54, 1.807) is 0 Å². The molecule has 0 aromatic carbocycles. The molecule has 0 radical (unpaired) electrons. The average Bonchev–Trinajstić information content (AvgIpc) is 2.34. The van der Waals surface area contributed by atoms with Gasteiger partial charge in [0.1, 0.15) is 6.61 Å². The van der Waals surface area contributed by atoms with Crippen molar-refractivity contribution < 1.29 is 14.6 Å². The summed E-state index contributed by atoms with van der Waals surface area (Å²) < 4.78 is 4.79. The Morgan fingerprint density at radius 2 is 2.00 bits per heavy atom. The molecule has 1 saturated carbocycles. The van der Waals surface area contributed by atoms with Gasteiger partial charge in [0.25, 0.3) is 0 Å². The highest BCUT2D eigenvalue weighted by molar-refractivity contribution is 5.67. The van der Waals surface area contributed by atoms with Crippen LogP contribution < -0.4 is 5.32 Å². The lowest BCUT2D eigenvalue weighted by Gasteiger charge is -2.43. The Labute approximate surface area is 103 Å². The molecule has 1 amide bonds. The number of alkyl carbamates (subject to hydrolysis) is 1. The van der Waals surface area contributed by atoms with Crippen LogP contribution >= 0.6 is 0 Å². The third-order valence-corrected chi connectivity index (χ3v) is 3.62. The molecule has 5 nitrogen and oxygen atoms in total. The van der Waals surface area contributed by atoms with E-state index in [0.29, 0.717) is 6.54 Å². The summed E-state index contributed by atoms with van der Waals surface area (Å²) in [6.45, 7) is 0.539. The number of aliphatic hydroxyl groups is 1. The molecule has 1 aliphatic carbocycles. The van der Waals surface area contributed by atoms with Crippen LogP contribution in [0.1, 0.15) is 32.1 Å². The molecule has 0 spiro atoms. The minimum Gasteiger partial charge on any atom is -0.447 e.